The summed E-state index contributed by atoms with van der Waals surface area (Å²) in [6.07, 6.45) is 1.44. The van der Waals surface area contributed by atoms with Gasteiger partial charge in [0.1, 0.15) is 5.75 Å². The first kappa shape index (κ1) is 26.0. The molecule has 3 aromatic carbocycles. The fourth-order valence-electron chi connectivity index (χ4n) is 3.83. The van der Waals surface area contributed by atoms with Gasteiger partial charge in [0, 0.05) is 41.7 Å². The Morgan fingerprint density at radius 1 is 1.05 bits per heavy atom. The van der Waals surface area contributed by atoms with Crippen LogP contribution in [0.1, 0.15) is 25.0 Å². The molecule has 0 fully saturated rings. The predicted octanol–water partition coefficient (Wildman–Crippen LogP) is 5.04. The van der Waals surface area contributed by atoms with Gasteiger partial charge in [-0.15, -0.1) is 10.2 Å². The van der Waals surface area contributed by atoms with Crippen LogP contribution in [0.4, 0.5) is 5.69 Å². The molecule has 0 bridgehead atoms. The third-order valence-electron chi connectivity index (χ3n) is 5.83. The standard InChI is InChI=1S/C28H30N6O2S/c1-4-33(5-2)24-16-13-22(25(35)17-24)18-29-30-26(36)19-37-28-32-31-27(21-9-7-6-8-10-21)34(28)23-14-11-20(3)12-15-23/h6-18,35H,4-5,19H2,1-3H3,(H,30,36)/b29-18-. The van der Waals surface area contributed by atoms with E-state index in [-0.39, 0.29) is 17.4 Å². The summed E-state index contributed by atoms with van der Waals surface area (Å²) in [6.45, 7) is 7.86. The molecule has 0 spiro atoms. The average molecular weight is 515 g/mol. The van der Waals surface area contributed by atoms with Crippen LogP contribution in [-0.2, 0) is 4.79 Å². The molecule has 8 nitrogen and oxygen atoms in total. The highest BCUT2D eigenvalue weighted by Crippen LogP contribution is 2.28. The van der Waals surface area contributed by atoms with Crippen molar-refractivity contribution in [2.75, 3.05) is 23.7 Å². The Morgan fingerprint density at radius 2 is 1.78 bits per heavy atom. The van der Waals surface area contributed by atoms with E-state index in [0.29, 0.717) is 16.5 Å². The minimum atomic E-state index is -0.291. The Bertz CT molecular complexity index is 1370. The molecule has 1 amide bonds. The van der Waals surface area contributed by atoms with Crippen LogP contribution in [0.25, 0.3) is 17.1 Å². The van der Waals surface area contributed by atoms with Gasteiger partial charge in [0.15, 0.2) is 11.0 Å². The number of aromatic hydroxyl groups is 1. The summed E-state index contributed by atoms with van der Waals surface area (Å²) in [7, 11) is 0. The second kappa shape index (κ2) is 12.2. The summed E-state index contributed by atoms with van der Waals surface area (Å²) in [5, 5.41) is 23.7. The summed E-state index contributed by atoms with van der Waals surface area (Å²) in [4.78, 5) is 14.6. The van der Waals surface area contributed by atoms with Crippen molar-refractivity contribution in [3.05, 3.63) is 83.9 Å². The predicted molar refractivity (Wildman–Crippen MR) is 150 cm³/mol. The lowest BCUT2D eigenvalue weighted by Gasteiger charge is -2.21. The highest BCUT2D eigenvalue weighted by Gasteiger charge is 2.17. The van der Waals surface area contributed by atoms with Crippen LogP contribution < -0.4 is 10.3 Å². The van der Waals surface area contributed by atoms with Crippen LogP contribution in [0, 0.1) is 6.92 Å². The first-order chi connectivity index (χ1) is 18.0. The van der Waals surface area contributed by atoms with E-state index >= 15 is 0 Å². The van der Waals surface area contributed by atoms with Crippen LogP contribution in [0.3, 0.4) is 0 Å². The lowest BCUT2D eigenvalue weighted by atomic mass is 10.2. The van der Waals surface area contributed by atoms with E-state index in [1.165, 1.54) is 18.0 Å². The van der Waals surface area contributed by atoms with Gasteiger partial charge in [0.25, 0.3) is 5.91 Å². The summed E-state index contributed by atoms with van der Waals surface area (Å²) in [5.74, 6) is 0.619. The molecular formula is C28H30N6O2S. The van der Waals surface area contributed by atoms with Gasteiger partial charge < -0.3 is 10.0 Å². The normalized spacial score (nSPS) is 11.1. The van der Waals surface area contributed by atoms with Gasteiger partial charge in [-0.25, -0.2) is 5.43 Å². The number of anilines is 1. The van der Waals surface area contributed by atoms with Gasteiger partial charge in [0.2, 0.25) is 0 Å². The monoisotopic (exact) mass is 514 g/mol. The zero-order valence-corrected chi connectivity index (χ0v) is 21.9. The summed E-state index contributed by atoms with van der Waals surface area (Å²) in [5.41, 5.74) is 6.99. The molecule has 4 rings (SSSR count). The number of carbonyl (C=O) groups is 1. The number of rotatable bonds is 10. The van der Waals surface area contributed by atoms with E-state index in [1.807, 2.05) is 72.2 Å². The van der Waals surface area contributed by atoms with Crippen LogP contribution in [-0.4, -0.2) is 50.8 Å². The second-order valence-corrected chi connectivity index (χ2v) is 9.28. The zero-order valence-electron chi connectivity index (χ0n) is 21.1. The number of carbonyl (C=O) groups excluding carboxylic acids is 1. The molecule has 1 heterocycles. The maximum atomic E-state index is 12.5. The second-order valence-electron chi connectivity index (χ2n) is 8.34. The molecule has 0 saturated carbocycles. The van der Waals surface area contributed by atoms with E-state index < -0.39 is 0 Å². The fraction of sp³-hybridized carbons (Fsp3) is 0.214. The summed E-state index contributed by atoms with van der Waals surface area (Å²) < 4.78 is 1.95. The van der Waals surface area contributed by atoms with Gasteiger partial charge in [-0.1, -0.05) is 59.8 Å². The van der Waals surface area contributed by atoms with Crippen LogP contribution >= 0.6 is 11.8 Å². The van der Waals surface area contributed by atoms with E-state index in [1.54, 1.807) is 12.1 Å². The largest absolute Gasteiger partial charge is 0.507 e. The Hall–Kier alpha value is -4.11. The van der Waals surface area contributed by atoms with Crippen molar-refractivity contribution in [3.8, 4) is 22.8 Å². The smallest absolute Gasteiger partial charge is 0.250 e. The molecule has 9 heteroatoms. The number of benzene rings is 3. The molecule has 1 aromatic heterocycles. The van der Waals surface area contributed by atoms with E-state index in [9.17, 15) is 9.90 Å². The van der Waals surface area contributed by atoms with Crippen molar-refractivity contribution >= 4 is 29.6 Å². The van der Waals surface area contributed by atoms with Crippen molar-refractivity contribution in [2.45, 2.75) is 25.9 Å². The van der Waals surface area contributed by atoms with Crippen LogP contribution in [0.5, 0.6) is 5.75 Å². The lowest BCUT2D eigenvalue weighted by Crippen LogP contribution is -2.21. The molecule has 0 aliphatic carbocycles. The van der Waals surface area contributed by atoms with Crippen molar-refractivity contribution in [3.63, 3.8) is 0 Å². The maximum Gasteiger partial charge on any atom is 0.250 e. The third kappa shape index (κ3) is 6.37. The lowest BCUT2D eigenvalue weighted by molar-refractivity contribution is -0.118. The van der Waals surface area contributed by atoms with E-state index in [4.69, 9.17) is 0 Å². The van der Waals surface area contributed by atoms with E-state index in [2.05, 4.69) is 39.5 Å². The Balaban J connectivity index is 1.44. The van der Waals surface area contributed by atoms with Gasteiger partial charge in [-0.2, -0.15) is 5.10 Å². The number of aryl methyl sites for hydroxylation is 1. The summed E-state index contributed by atoms with van der Waals surface area (Å²) in [6, 6.07) is 23.3. The van der Waals surface area contributed by atoms with Crippen molar-refractivity contribution in [1.29, 1.82) is 0 Å². The summed E-state index contributed by atoms with van der Waals surface area (Å²) >= 11 is 1.28. The first-order valence-electron chi connectivity index (χ1n) is 12.1. The molecule has 0 saturated heterocycles. The topological polar surface area (TPSA) is 95.6 Å². The SMILES string of the molecule is CCN(CC)c1ccc(/C=N\NC(=O)CSc2nnc(-c3ccccc3)n2-c2ccc(C)cc2)c(O)c1. The zero-order chi connectivity index (χ0) is 26.2. The number of phenolic OH excluding ortho intramolecular Hbond substituents is 1. The molecule has 37 heavy (non-hydrogen) atoms. The number of thioether (sulfide) groups is 1. The molecule has 0 unspecified atom stereocenters. The van der Waals surface area contributed by atoms with Crippen LogP contribution in [0.15, 0.2) is 83.1 Å². The first-order valence-corrected chi connectivity index (χ1v) is 13.1. The molecule has 0 aliphatic rings. The quantitative estimate of drug-likeness (QED) is 0.175. The maximum absolute atomic E-state index is 12.5. The van der Waals surface area contributed by atoms with Gasteiger partial charge in [0.05, 0.1) is 12.0 Å². The van der Waals surface area contributed by atoms with Crippen molar-refractivity contribution in [1.82, 2.24) is 20.2 Å². The highest BCUT2D eigenvalue weighted by atomic mass is 32.2. The van der Waals surface area contributed by atoms with Gasteiger partial charge in [-0.05, 0) is 45.0 Å². The number of hydrogen-bond donors (Lipinski definition) is 2. The minimum Gasteiger partial charge on any atom is -0.507 e. The van der Waals surface area contributed by atoms with Gasteiger partial charge in [-0.3, -0.25) is 9.36 Å². The average Bonchev–Trinajstić information content (AvgIpc) is 3.34. The number of nitrogens with zero attached hydrogens (tertiary/aromatic N) is 5. The number of hydrogen-bond acceptors (Lipinski definition) is 7. The number of hydrazone groups is 1. The molecule has 0 atom stereocenters. The number of aromatic nitrogens is 3. The molecule has 2 N–H and O–H groups in total. The Labute approximate surface area is 221 Å². The molecular weight excluding hydrogens is 484 g/mol. The number of nitrogens with one attached hydrogen (secondary N) is 1. The van der Waals surface area contributed by atoms with E-state index in [0.717, 1.165) is 35.6 Å². The van der Waals surface area contributed by atoms with Crippen LogP contribution in [0.2, 0.25) is 0 Å². The Kier molecular flexibility index (Phi) is 8.58. The Morgan fingerprint density at radius 3 is 2.46 bits per heavy atom. The van der Waals surface area contributed by atoms with Gasteiger partial charge >= 0.3 is 0 Å². The van der Waals surface area contributed by atoms with Crippen molar-refractivity contribution in [2.24, 2.45) is 5.10 Å². The van der Waals surface area contributed by atoms with Crippen molar-refractivity contribution < 1.29 is 9.90 Å². The molecule has 190 valence electrons. The molecule has 4 aromatic rings. The molecule has 0 radical (unpaired) electrons. The minimum absolute atomic E-state index is 0.100. The molecule has 0 aliphatic heterocycles. The third-order valence-corrected chi connectivity index (χ3v) is 6.75. The fourth-order valence-corrected chi connectivity index (χ4v) is 4.57. The number of amides is 1. The highest BCUT2D eigenvalue weighted by molar-refractivity contribution is 7.99. The number of phenols is 1.